The number of hydrogen-bond acceptors (Lipinski definition) is 4. The maximum Gasteiger partial charge on any atom is 0.387 e. The summed E-state index contributed by atoms with van der Waals surface area (Å²) in [5.74, 6) is 0.818. The van der Waals surface area contributed by atoms with Gasteiger partial charge >= 0.3 is 8.24 Å². The van der Waals surface area contributed by atoms with E-state index in [1.807, 2.05) is 0 Å². The Kier molecular flexibility index (Phi) is 8.15. The molecule has 0 saturated heterocycles. The Hall–Kier alpha value is -1.90. The number of hydrogen-bond donors (Lipinski definition) is 0. The molecule has 4 nitrogen and oxygen atoms in total. The fourth-order valence-corrected chi connectivity index (χ4v) is 5.61. The van der Waals surface area contributed by atoms with Crippen LogP contribution in [0.1, 0.15) is 97.8 Å². The molecule has 0 aliphatic heterocycles. The van der Waals surface area contributed by atoms with Crippen molar-refractivity contribution < 1.29 is 17.7 Å². The molecule has 0 aliphatic rings. The number of rotatable bonds is 7. The zero-order valence-electron chi connectivity index (χ0n) is 22.8. The van der Waals surface area contributed by atoms with Crippen LogP contribution in [0.15, 0.2) is 32.7 Å². The van der Waals surface area contributed by atoms with Crippen molar-refractivity contribution in [2.24, 2.45) is 0 Å². The van der Waals surface area contributed by atoms with Gasteiger partial charge in [-0.3, -0.25) is 4.52 Å². The first-order valence-electron chi connectivity index (χ1n) is 12.6. The van der Waals surface area contributed by atoms with E-state index in [1.54, 1.807) is 7.11 Å². The Morgan fingerprint density at radius 2 is 1.41 bits per heavy atom. The second kappa shape index (κ2) is 10.4. The van der Waals surface area contributed by atoms with E-state index in [1.165, 1.54) is 5.56 Å². The molecule has 0 N–H and O–H groups in total. The van der Waals surface area contributed by atoms with Crippen molar-refractivity contribution in [1.29, 1.82) is 0 Å². The van der Waals surface area contributed by atoms with Gasteiger partial charge < -0.3 is 13.1 Å². The van der Waals surface area contributed by atoms with Crippen LogP contribution in [-0.4, -0.2) is 13.2 Å². The van der Waals surface area contributed by atoms with E-state index in [4.69, 9.17) is 17.7 Å². The van der Waals surface area contributed by atoms with Crippen LogP contribution in [0.2, 0.25) is 0 Å². The number of benzene rings is 2. The van der Waals surface area contributed by atoms with Gasteiger partial charge in [-0.15, -0.1) is 0 Å². The minimum Gasteiger partial charge on any atom is -0.497 e. The third-order valence-electron chi connectivity index (χ3n) is 6.34. The molecule has 2 aromatic carbocycles. The Bertz CT molecular complexity index is 1180. The highest BCUT2D eigenvalue weighted by atomic mass is 31.1. The predicted molar refractivity (Wildman–Crippen MR) is 145 cm³/mol. The average molecular weight is 487 g/mol. The molecule has 0 amide bonds. The van der Waals surface area contributed by atoms with Gasteiger partial charge in [0, 0.05) is 21.9 Å². The van der Waals surface area contributed by atoms with Gasteiger partial charge in [0.2, 0.25) is 0 Å². The number of aryl methyl sites for hydroxylation is 1. The van der Waals surface area contributed by atoms with Crippen LogP contribution in [0, 0.1) is 6.92 Å². The first-order valence-corrected chi connectivity index (χ1v) is 13.7. The van der Waals surface area contributed by atoms with Gasteiger partial charge in [-0.05, 0) is 54.4 Å². The average Bonchev–Trinajstić information content (AvgIpc) is 2.90. The molecule has 3 rings (SSSR count). The highest BCUT2D eigenvalue weighted by Crippen LogP contribution is 2.44. The predicted octanol–water partition coefficient (Wildman–Crippen LogP) is 9.60. The smallest absolute Gasteiger partial charge is 0.387 e. The van der Waals surface area contributed by atoms with Crippen LogP contribution in [-0.2, 0) is 10.8 Å². The molecule has 0 saturated carbocycles. The van der Waals surface area contributed by atoms with Gasteiger partial charge in [-0.1, -0.05) is 74.3 Å². The molecule has 3 aromatic rings. The van der Waals surface area contributed by atoms with Gasteiger partial charge in [0.15, 0.2) is 0 Å². The number of methoxy groups -OCH3 is 1. The molecule has 2 atom stereocenters. The van der Waals surface area contributed by atoms with Crippen molar-refractivity contribution >= 4 is 30.2 Å². The van der Waals surface area contributed by atoms with Crippen LogP contribution in [0.3, 0.4) is 0 Å². The van der Waals surface area contributed by atoms with Crippen LogP contribution in [0.4, 0.5) is 0 Å². The van der Waals surface area contributed by atoms with Gasteiger partial charge in [0.1, 0.15) is 16.9 Å². The molecular weight excluding hydrogens is 443 g/mol. The molecule has 0 bridgehead atoms. The molecule has 188 valence electrons. The van der Waals surface area contributed by atoms with Gasteiger partial charge in [-0.2, -0.15) is 0 Å². The zero-order chi connectivity index (χ0) is 25.3. The maximum atomic E-state index is 6.69. The quantitative estimate of drug-likeness (QED) is 0.333. The van der Waals surface area contributed by atoms with E-state index in [0.29, 0.717) is 0 Å². The van der Waals surface area contributed by atoms with Gasteiger partial charge in [0.25, 0.3) is 0 Å². The SMILES string of the molecule is CCCC[C@@H](CC)Op1oc2c(C(C)(C)C)cc(C)cc2c2cc(OC)cc(C(C)(C)C)c2o1. The molecule has 0 fully saturated rings. The molecule has 0 aliphatic carbocycles. The lowest BCUT2D eigenvalue weighted by Crippen LogP contribution is -2.13. The summed E-state index contributed by atoms with van der Waals surface area (Å²) in [6.45, 7) is 19.8. The Labute approximate surface area is 206 Å². The number of unbranched alkanes of at least 4 members (excludes halogenated alkanes) is 1. The number of fused-ring (bicyclic) bond motifs is 3. The monoisotopic (exact) mass is 486 g/mol. The van der Waals surface area contributed by atoms with Crippen molar-refractivity contribution in [3.8, 4) is 5.75 Å². The zero-order valence-corrected chi connectivity index (χ0v) is 23.7. The third kappa shape index (κ3) is 5.83. The number of ether oxygens (including phenoxy) is 1. The van der Waals surface area contributed by atoms with Crippen molar-refractivity contribution in [3.05, 3.63) is 41.0 Å². The minimum absolute atomic E-state index is 0.0975. The fourth-order valence-electron chi connectivity index (χ4n) is 4.30. The molecule has 0 radical (unpaired) electrons. The third-order valence-corrected chi connectivity index (χ3v) is 7.47. The van der Waals surface area contributed by atoms with E-state index in [-0.39, 0.29) is 16.9 Å². The summed E-state index contributed by atoms with van der Waals surface area (Å²) in [6, 6.07) is 8.60. The Morgan fingerprint density at radius 1 is 0.853 bits per heavy atom. The standard InChI is InChI=1S/C29H43O4P/c1-11-13-14-20(12-2)31-34-32-26-22(15-19(3)16-24(26)28(4,5)6)23-17-21(30-10)18-25(27(23)33-34)29(7,8)9/h15-18,20H,11-14H2,1-10H3/t20-,34?/m1/s1. The van der Waals surface area contributed by atoms with Crippen LogP contribution < -0.4 is 9.26 Å². The van der Waals surface area contributed by atoms with Crippen LogP contribution in [0.25, 0.3) is 21.9 Å². The summed E-state index contributed by atoms with van der Waals surface area (Å²) in [4.78, 5) is 0. The summed E-state index contributed by atoms with van der Waals surface area (Å²) >= 11 is 0. The minimum atomic E-state index is -1.62. The summed E-state index contributed by atoms with van der Waals surface area (Å²) in [6.07, 6.45) is 4.32. The molecule has 1 aromatic heterocycles. The van der Waals surface area contributed by atoms with Gasteiger partial charge in [-0.25, -0.2) is 0 Å². The van der Waals surface area contributed by atoms with Crippen LogP contribution in [0.5, 0.6) is 5.75 Å². The summed E-state index contributed by atoms with van der Waals surface area (Å²) in [7, 11) is 0.0934. The molecule has 5 heteroatoms. The fraction of sp³-hybridized carbons (Fsp3) is 0.586. The Morgan fingerprint density at radius 3 is 1.91 bits per heavy atom. The van der Waals surface area contributed by atoms with E-state index >= 15 is 0 Å². The van der Waals surface area contributed by atoms with Crippen molar-refractivity contribution in [2.75, 3.05) is 7.11 Å². The lowest BCUT2D eigenvalue weighted by atomic mass is 9.83. The summed E-state index contributed by atoms with van der Waals surface area (Å²) < 4.78 is 25.6. The lowest BCUT2D eigenvalue weighted by molar-refractivity contribution is 0.234. The second-order valence-corrected chi connectivity index (χ2v) is 12.4. The normalized spacial score (nSPS) is 14.0. The highest BCUT2D eigenvalue weighted by Gasteiger charge is 2.25. The lowest BCUT2D eigenvalue weighted by Gasteiger charge is -2.21. The highest BCUT2D eigenvalue weighted by molar-refractivity contribution is 7.31. The van der Waals surface area contributed by atoms with Gasteiger partial charge in [0.05, 0.1) is 13.2 Å². The summed E-state index contributed by atoms with van der Waals surface area (Å²) in [5.41, 5.74) is 4.91. The van der Waals surface area contributed by atoms with Crippen LogP contribution >= 0.6 is 8.24 Å². The maximum absolute atomic E-state index is 6.69. The second-order valence-electron chi connectivity index (χ2n) is 11.4. The van der Waals surface area contributed by atoms with E-state index < -0.39 is 8.24 Å². The molecule has 34 heavy (non-hydrogen) atoms. The first kappa shape index (κ1) is 26.7. The van der Waals surface area contributed by atoms with E-state index in [2.05, 4.69) is 86.6 Å². The molecule has 0 spiro atoms. The summed E-state index contributed by atoms with van der Waals surface area (Å²) in [5, 5.41) is 2.04. The molecular formula is C29H43O4P. The molecule has 1 unspecified atom stereocenters. The largest absolute Gasteiger partial charge is 0.497 e. The van der Waals surface area contributed by atoms with E-state index in [0.717, 1.165) is 64.5 Å². The topological polar surface area (TPSA) is 44.7 Å². The Balaban J connectivity index is 2.51. The van der Waals surface area contributed by atoms with E-state index in [9.17, 15) is 0 Å². The van der Waals surface area contributed by atoms with Crippen molar-refractivity contribution in [1.82, 2.24) is 0 Å². The first-order chi connectivity index (χ1) is 15.9. The molecule has 1 heterocycles. The van der Waals surface area contributed by atoms with Crippen molar-refractivity contribution in [2.45, 2.75) is 105 Å². The van der Waals surface area contributed by atoms with Crippen molar-refractivity contribution in [3.63, 3.8) is 0 Å².